The van der Waals surface area contributed by atoms with Crippen LogP contribution < -0.4 is 5.32 Å². The second kappa shape index (κ2) is 6.93. The van der Waals surface area contributed by atoms with Crippen LogP contribution in [0.5, 0.6) is 0 Å². The number of carbonyl (C=O) groups is 1. The van der Waals surface area contributed by atoms with Gasteiger partial charge in [-0.3, -0.25) is 4.79 Å². The number of benzene rings is 1. The zero-order valence-electron chi connectivity index (χ0n) is 9.33. The molecular formula is C11H13F2NO3. The van der Waals surface area contributed by atoms with Gasteiger partial charge in [-0.2, -0.15) is 0 Å². The highest BCUT2D eigenvalue weighted by Gasteiger charge is 2.06. The largest absolute Gasteiger partial charge is 0.382 e. The number of hydrogen-bond acceptors (Lipinski definition) is 3. The number of hydrogen-bond donors (Lipinski definition) is 1. The maximum atomic E-state index is 12.8. The number of amides is 1. The number of carbonyl (C=O) groups excluding carboxylic acids is 1. The number of methoxy groups -OCH3 is 1. The molecule has 17 heavy (non-hydrogen) atoms. The highest BCUT2D eigenvalue weighted by atomic mass is 19.2. The van der Waals surface area contributed by atoms with Gasteiger partial charge >= 0.3 is 0 Å². The molecule has 0 aromatic heterocycles. The Morgan fingerprint density at radius 1 is 1.29 bits per heavy atom. The second-order valence-electron chi connectivity index (χ2n) is 3.22. The Morgan fingerprint density at radius 2 is 2.06 bits per heavy atom. The zero-order valence-corrected chi connectivity index (χ0v) is 9.33. The SMILES string of the molecule is COCCOCC(=O)Nc1ccc(F)c(F)c1. The monoisotopic (exact) mass is 245 g/mol. The van der Waals surface area contributed by atoms with E-state index in [1.807, 2.05) is 0 Å². The van der Waals surface area contributed by atoms with Crippen LogP contribution in [0.15, 0.2) is 18.2 Å². The van der Waals surface area contributed by atoms with Gasteiger partial charge in [0.1, 0.15) is 6.61 Å². The van der Waals surface area contributed by atoms with E-state index in [2.05, 4.69) is 5.32 Å². The minimum atomic E-state index is -1.01. The summed E-state index contributed by atoms with van der Waals surface area (Å²) < 4.78 is 35.1. The summed E-state index contributed by atoms with van der Waals surface area (Å²) in [5.74, 6) is -2.41. The van der Waals surface area contributed by atoms with Crippen LogP contribution in [-0.4, -0.2) is 32.8 Å². The molecule has 1 amide bonds. The van der Waals surface area contributed by atoms with E-state index in [0.717, 1.165) is 12.1 Å². The first-order chi connectivity index (χ1) is 8.13. The highest BCUT2D eigenvalue weighted by Crippen LogP contribution is 2.12. The summed E-state index contributed by atoms with van der Waals surface area (Å²) in [6, 6.07) is 3.12. The first kappa shape index (κ1) is 13.5. The molecule has 0 spiro atoms. The Balaban J connectivity index is 2.37. The van der Waals surface area contributed by atoms with Crippen LogP contribution in [0, 0.1) is 11.6 Å². The van der Waals surface area contributed by atoms with E-state index >= 15 is 0 Å². The van der Waals surface area contributed by atoms with Crippen molar-refractivity contribution in [2.75, 3.05) is 32.2 Å². The van der Waals surface area contributed by atoms with Crippen LogP contribution in [0.3, 0.4) is 0 Å². The van der Waals surface area contributed by atoms with E-state index in [1.54, 1.807) is 0 Å². The summed E-state index contributed by atoms with van der Waals surface area (Å²) >= 11 is 0. The predicted octanol–water partition coefficient (Wildman–Crippen LogP) is 1.57. The van der Waals surface area contributed by atoms with Gasteiger partial charge in [-0.1, -0.05) is 0 Å². The second-order valence-corrected chi connectivity index (χ2v) is 3.22. The third kappa shape index (κ3) is 4.88. The third-order valence-corrected chi connectivity index (χ3v) is 1.87. The Labute approximate surface area is 97.5 Å². The lowest BCUT2D eigenvalue weighted by atomic mass is 10.3. The van der Waals surface area contributed by atoms with Gasteiger partial charge in [0.25, 0.3) is 0 Å². The minimum absolute atomic E-state index is 0.164. The molecule has 0 heterocycles. The Kier molecular flexibility index (Phi) is 5.51. The molecule has 0 saturated heterocycles. The summed E-state index contributed by atoms with van der Waals surface area (Å²) in [4.78, 5) is 11.3. The lowest BCUT2D eigenvalue weighted by Gasteiger charge is -2.06. The Bertz CT molecular complexity index is 385. The van der Waals surface area contributed by atoms with Crippen LogP contribution in [-0.2, 0) is 14.3 Å². The zero-order chi connectivity index (χ0) is 12.7. The average Bonchev–Trinajstić information content (AvgIpc) is 2.30. The van der Waals surface area contributed by atoms with Gasteiger partial charge in [0.15, 0.2) is 11.6 Å². The number of rotatable bonds is 6. The molecular weight excluding hydrogens is 232 g/mol. The van der Waals surface area contributed by atoms with Crippen molar-refractivity contribution >= 4 is 11.6 Å². The standard InChI is InChI=1S/C11H13F2NO3/c1-16-4-5-17-7-11(15)14-8-2-3-9(12)10(13)6-8/h2-3,6H,4-5,7H2,1H3,(H,14,15). The van der Waals surface area contributed by atoms with Gasteiger partial charge in [-0.05, 0) is 12.1 Å². The fraction of sp³-hybridized carbons (Fsp3) is 0.364. The molecule has 0 aliphatic heterocycles. The fourth-order valence-corrected chi connectivity index (χ4v) is 1.08. The van der Waals surface area contributed by atoms with Crippen LogP contribution in [0.1, 0.15) is 0 Å². The van der Waals surface area contributed by atoms with Gasteiger partial charge < -0.3 is 14.8 Å². The molecule has 0 radical (unpaired) electrons. The summed E-state index contributed by atoms with van der Waals surface area (Å²) in [7, 11) is 1.52. The molecule has 0 saturated carbocycles. The molecule has 1 aromatic carbocycles. The molecule has 1 N–H and O–H groups in total. The molecule has 0 bridgehead atoms. The van der Waals surface area contributed by atoms with Gasteiger partial charge in [0.2, 0.25) is 5.91 Å². The third-order valence-electron chi connectivity index (χ3n) is 1.87. The van der Waals surface area contributed by atoms with Crippen LogP contribution >= 0.6 is 0 Å². The number of halogens is 2. The molecule has 1 aromatic rings. The van der Waals surface area contributed by atoms with Crippen molar-refractivity contribution < 1.29 is 23.0 Å². The fourth-order valence-electron chi connectivity index (χ4n) is 1.08. The van der Waals surface area contributed by atoms with Crippen molar-refractivity contribution in [2.45, 2.75) is 0 Å². The molecule has 6 heteroatoms. The molecule has 4 nitrogen and oxygen atoms in total. The lowest BCUT2D eigenvalue weighted by Crippen LogP contribution is -2.19. The van der Waals surface area contributed by atoms with E-state index in [9.17, 15) is 13.6 Å². The van der Waals surface area contributed by atoms with Crippen LogP contribution in [0.4, 0.5) is 14.5 Å². The van der Waals surface area contributed by atoms with Crippen molar-refractivity contribution in [3.8, 4) is 0 Å². The summed E-state index contributed by atoms with van der Waals surface area (Å²) in [6.45, 7) is 0.516. The van der Waals surface area contributed by atoms with E-state index in [-0.39, 0.29) is 12.3 Å². The molecule has 94 valence electrons. The van der Waals surface area contributed by atoms with E-state index in [4.69, 9.17) is 9.47 Å². The maximum absolute atomic E-state index is 12.8. The highest BCUT2D eigenvalue weighted by molar-refractivity contribution is 5.91. The van der Waals surface area contributed by atoms with Gasteiger partial charge in [0, 0.05) is 18.9 Å². The van der Waals surface area contributed by atoms with E-state index < -0.39 is 17.5 Å². The van der Waals surface area contributed by atoms with Crippen LogP contribution in [0.2, 0.25) is 0 Å². The molecule has 0 aliphatic rings. The van der Waals surface area contributed by atoms with Crippen molar-refractivity contribution in [2.24, 2.45) is 0 Å². The average molecular weight is 245 g/mol. The molecule has 0 unspecified atom stereocenters. The van der Waals surface area contributed by atoms with Crippen molar-refractivity contribution in [1.29, 1.82) is 0 Å². The van der Waals surface area contributed by atoms with Crippen LogP contribution in [0.25, 0.3) is 0 Å². The molecule has 0 fully saturated rings. The van der Waals surface area contributed by atoms with Crippen molar-refractivity contribution in [3.63, 3.8) is 0 Å². The summed E-state index contributed by atoms with van der Waals surface area (Å²) in [5.41, 5.74) is 0.184. The molecule has 0 aliphatic carbocycles. The molecule has 0 atom stereocenters. The topological polar surface area (TPSA) is 47.6 Å². The Hall–Kier alpha value is -1.53. The van der Waals surface area contributed by atoms with Crippen molar-refractivity contribution in [3.05, 3.63) is 29.8 Å². The number of anilines is 1. The minimum Gasteiger partial charge on any atom is -0.382 e. The first-order valence-electron chi connectivity index (χ1n) is 4.95. The van der Waals surface area contributed by atoms with Gasteiger partial charge in [-0.25, -0.2) is 8.78 Å². The summed E-state index contributed by atoms with van der Waals surface area (Å²) in [5, 5.41) is 2.38. The quantitative estimate of drug-likeness (QED) is 0.774. The lowest BCUT2D eigenvalue weighted by molar-refractivity contribution is -0.121. The maximum Gasteiger partial charge on any atom is 0.250 e. The van der Waals surface area contributed by atoms with Gasteiger partial charge in [0.05, 0.1) is 13.2 Å². The summed E-state index contributed by atoms with van der Waals surface area (Å²) in [6.07, 6.45) is 0. The van der Waals surface area contributed by atoms with E-state index in [1.165, 1.54) is 13.2 Å². The number of nitrogens with one attached hydrogen (secondary N) is 1. The Morgan fingerprint density at radius 3 is 2.71 bits per heavy atom. The smallest absolute Gasteiger partial charge is 0.250 e. The first-order valence-corrected chi connectivity index (χ1v) is 4.95. The van der Waals surface area contributed by atoms with Crippen molar-refractivity contribution in [1.82, 2.24) is 0 Å². The van der Waals surface area contributed by atoms with E-state index in [0.29, 0.717) is 13.2 Å². The number of ether oxygens (including phenoxy) is 2. The predicted molar refractivity (Wildman–Crippen MR) is 57.7 cm³/mol. The molecule has 1 rings (SSSR count). The van der Waals surface area contributed by atoms with Gasteiger partial charge in [-0.15, -0.1) is 0 Å². The normalized spacial score (nSPS) is 10.3.